The molecule has 0 spiro atoms. The van der Waals surface area contributed by atoms with Gasteiger partial charge < -0.3 is 10.1 Å². The largest absolute Gasteiger partial charge is 0.374 e. The van der Waals surface area contributed by atoms with Crippen molar-refractivity contribution in [2.45, 2.75) is 58.6 Å². The molecule has 1 rings (SSSR count). The standard InChI is InChI=1S/C17H27BrClNO/c1-5-17(6-2,21-8-4)16(20-7-3)11-13-9-10-14(18)12-15(13)19/h9-10,12,16,20H,5-8,11H2,1-4H3. The molecular formula is C17H27BrClNO. The Kier molecular flexibility index (Phi) is 8.25. The molecule has 1 unspecified atom stereocenters. The molecule has 1 N–H and O–H groups in total. The van der Waals surface area contributed by atoms with Crippen molar-refractivity contribution in [3.63, 3.8) is 0 Å². The molecule has 0 amide bonds. The monoisotopic (exact) mass is 375 g/mol. The molecule has 0 bridgehead atoms. The first-order valence-electron chi connectivity index (χ1n) is 7.84. The summed E-state index contributed by atoms with van der Waals surface area (Å²) in [6.07, 6.45) is 2.86. The highest BCUT2D eigenvalue weighted by Crippen LogP contribution is 2.30. The van der Waals surface area contributed by atoms with Crippen LogP contribution in [0, 0.1) is 0 Å². The highest BCUT2D eigenvalue weighted by molar-refractivity contribution is 9.10. The zero-order valence-electron chi connectivity index (χ0n) is 13.5. The summed E-state index contributed by atoms with van der Waals surface area (Å²) in [5, 5.41) is 4.42. The lowest BCUT2D eigenvalue weighted by Gasteiger charge is -2.40. The number of halogens is 2. The predicted octanol–water partition coefficient (Wildman–Crippen LogP) is 5.22. The molecule has 2 nitrogen and oxygen atoms in total. The van der Waals surface area contributed by atoms with Gasteiger partial charge >= 0.3 is 0 Å². The van der Waals surface area contributed by atoms with Crippen molar-refractivity contribution >= 4 is 27.5 Å². The topological polar surface area (TPSA) is 21.3 Å². The third-order valence-electron chi connectivity index (χ3n) is 4.15. The number of hydrogen-bond acceptors (Lipinski definition) is 2. The van der Waals surface area contributed by atoms with E-state index >= 15 is 0 Å². The molecule has 4 heteroatoms. The van der Waals surface area contributed by atoms with Crippen LogP contribution in [-0.2, 0) is 11.2 Å². The minimum Gasteiger partial charge on any atom is -0.374 e. The second-order valence-electron chi connectivity index (χ2n) is 5.26. The molecule has 0 radical (unpaired) electrons. The van der Waals surface area contributed by atoms with E-state index in [1.54, 1.807) is 0 Å². The first kappa shape index (κ1) is 19.0. The quantitative estimate of drug-likeness (QED) is 0.638. The molecule has 21 heavy (non-hydrogen) atoms. The van der Waals surface area contributed by atoms with E-state index in [1.165, 1.54) is 0 Å². The molecule has 0 aliphatic carbocycles. The Morgan fingerprint density at radius 1 is 1.24 bits per heavy atom. The highest BCUT2D eigenvalue weighted by Gasteiger charge is 2.36. The van der Waals surface area contributed by atoms with Gasteiger partial charge in [0.2, 0.25) is 0 Å². The van der Waals surface area contributed by atoms with Crippen molar-refractivity contribution in [3.8, 4) is 0 Å². The number of ether oxygens (including phenoxy) is 1. The van der Waals surface area contributed by atoms with Gasteiger partial charge in [-0.25, -0.2) is 0 Å². The van der Waals surface area contributed by atoms with Gasteiger partial charge in [0, 0.05) is 22.1 Å². The van der Waals surface area contributed by atoms with Crippen molar-refractivity contribution in [2.75, 3.05) is 13.2 Å². The molecule has 0 saturated carbocycles. The molecule has 0 aromatic heterocycles. The molecule has 120 valence electrons. The molecule has 0 saturated heterocycles. The minimum atomic E-state index is -0.138. The molecule has 0 heterocycles. The molecule has 0 fully saturated rings. The van der Waals surface area contributed by atoms with E-state index in [1.807, 2.05) is 12.1 Å². The van der Waals surface area contributed by atoms with E-state index in [-0.39, 0.29) is 11.6 Å². The minimum absolute atomic E-state index is 0.138. The maximum Gasteiger partial charge on any atom is 0.0832 e. The van der Waals surface area contributed by atoms with Gasteiger partial charge in [-0.15, -0.1) is 0 Å². The summed E-state index contributed by atoms with van der Waals surface area (Å²) in [7, 11) is 0. The lowest BCUT2D eigenvalue weighted by Crippen LogP contribution is -2.53. The third-order valence-corrected chi connectivity index (χ3v) is 5.00. The Labute approximate surface area is 142 Å². The van der Waals surface area contributed by atoms with Gasteiger partial charge in [0.25, 0.3) is 0 Å². The summed E-state index contributed by atoms with van der Waals surface area (Å²) < 4.78 is 7.18. The van der Waals surface area contributed by atoms with Gasteiger partial charge in [-0.1, -0.05) is 54.4 Å². The summed E-state index contributed by atoms with van der Waals surface area (Å²) in [5.41, 5.74) is 1.03. The fraction of sp³-hybridized carbons (Fsp3) is 0.647. The lowest BCUT2D eigenvalue weighted by molar-refractivity contribution is -0.0715. The van der Waals surface area contributed by atoms with Crippen molar-refractivity contribution < 1.29 is 4.74 Å². The summed E-state index contributed by atoms with van der Waals surface area (Å²) in [4.78, 5) is 0. The molecule has 1 aromatic carbocycles. The summed E-state index contributed by atoms with van der Waals surface area (Å²) in [6, 6.07) is 6.36. The van der Waals surface area contributed by atoms with Crippen LogP contribution in [0.3, 0.4) is 0 Å². The van der Waals surface area contributed by atoms with Crippen LogP contribution >= 0.6 is 27.5 Å². The maximum atomic E-state index is 6.39. The Bertz CT molecular complexity index is 435. The third kappa shape index (κ3) is 4.95. The van der Waals surface area contributed by atoms with E-state index in [2.05, 4.69) is 55.0 Å². The Morgan fingerprint density at radius 2 is 1.90 bits per heavy atom. The summed E-state index contributed by atoms with van der Waals surface area (Å²) >= 11 is 9.85. The van der Waals surface area contributed by atoms with Crippen LogP contribution in [0.5, 0.6) is 0 Å². The van der Waals surface area contributed by atoms with Crippen LogP contribution in [0.1, 0.15) is 46.1 Å². The second kappa shape index (κ2) is 9.14. The predicted molar refractivity (Wildman–Crippen MR) is 95.3 cm³/mol. The van der Waals surface area contributed by atoms with Gasteiger partial charge in [0.1, 0.15) is 0 Å². The van der Waals surface area contributed by atoms with Crippen molar-refractivity contribution in [2.24, 2.45) is 0 Å². The number of benzene rings is 1. The molecule has 0 aliphatic heterocycles. The van der Waals surface area contributed by atoms with E-state index in [9.17, 15) is 0 Å². The van der Waals surface area contributed by atoms with E-state index in [0.717, 1.165) is 47.5 Å². The summed E-state index contributed by atoms with van der Waals surface area (Å²) in [5.74, 6) is 0. The number of hydrogen-bond donors (Lipinski definition) is 1. The summed E-state index contributed by atoms with van der Waals surface area (Å²) in [6.45, 7) is 10.3. The van der Waals surface area contributed by atoms with Gasteiger partial charge in [-0.05, 0) is 50.4 Å². The zero-order chi connectivity index (χ0) is 15.9. The van der Waals surface area contributed by atoms with Crippen LogP contribution in [-0.4, -0.2) is 24.8 Å². The highest BCUT2D eigenvalue weighted by atomic mass is 79.9. The Morgan fingerprint density at radius 3 is 2.38 bits per heavy atom. The van der Waals surface area contributed by atoms with Gasteiger partial charge in [0.05, 0.1) is 5.60 Å². The lowest BCUT2D eigenvalue weighted by atomic mass is 9.84. The average molecular weight is 377 g/mol. The van der Waals surface area contributed by atoms with Crippen LogP contribution in [0.15, 0.2) is 22.7 Å². The normalized spacial score (nSPS) is 13.4. The SMILES string of the molecule is CCNC(Cc1ccc(Br)cc1Cl)C(CC)(CC)OCC. The maximum absolute atomic E-state index is 6.39. The number of rotatable bonds is 9. The van der Waals surface area contributed by atoms with E-state index in [4.69, 9.17) is 16.3 Å². The van der Waals surface area contributed by atoms with Crippen molar-refractivity contribution in [1.82, 2.24) is 5.32 Å². The fourth-order valence-corrected chi connectivity index (χ4v) is 3.68. The molecule has 0 aliphatic rings. The van der Waals surface area contributed by atoms with Gasteiger partial charge in [-0.3, -0.25) is 0 Å². The van der Waals surface area contributed by atoms with Crippen LogP contribution < -0.4 is 5.32 Å². The fourth-order valence-electron chi connectivity index (χ4n) is 2.93. The Hall–Kier alpha value is -0.0900. The van der Waals surface area contributed by atoms with E-state index in [0.29, 0.717) is 0 Å². The van der Waals surface area contributed by atoms with E-state index < -0.39 is 0 Å². The van der Waals surface area contributed by atoms with Gasteiger partial charge in [-0.2, -0.15) is 0 Å². The number of likely N-dealkylation sites (N-methyl/N-ethyl adjacent to an activating group) is 1. The van der Waals surface area contributed by atoms with Gasteiger partial charge in [0.15, 0.2) is 0 Å². The Balaban J connectivity index is 3.04. The zero-order valence-corrected chi connectivity index (χ0v) is 15.9. The van der Waals surface area contributed by atoms with Crippen LogP contribution in [0.4, 0.5) is 0 Å². The molecule has 1 atom stereocenters. The van der Waals surface area contributed by atoms with Crippen molar-refractivity contribution in [3.05, 3.63) is 33.3 Å². The molecule has 1 aromatic rings. The first-order valence-corrected chi connectivity index (χ1v) is 9.01. The smallest absolute Gasteiger partial charge is 0.0832 e. The average Bonchev–Trinajstić information content (AvgIpc) is 2.47. The van der Waals surface area contributed by atoms with Crippen molar-refractivity contribution in [1.29, 1.82) is 0 Å². The first-order chi connectivity index (χ1) is 10.0. The number of nitrogens with one attached hydrogen (secondary N) is 1. The van der Waals surface area contributed by atoms with Crippen LogP contribution in [0.25, 0.3) is 0 Å². The second-order valence-corrected chi connectivity index (χ2v) is 6.58. The van der Waals surface area contributed by atoms with Crippen LogP contribution in [0.2, 0.25) is 5.02 Å². The molecular weight excluding hydrogens is 350 g/mol.